The molecular formula is C18H21N5O4S. The normalized spacial score (nSPS) is 21.3. The molecule has 1 aromatic heterocycles. The fraction of sp³-hybridized carbons (Fsp3) is 0.389. The van der Waals surface area contributed by atoms with Crippen LogP contribution in [0.3, 0.4) is 0 Å². The van der Waals surface area contributed by atoms with Crippen LogP contribution in [0.1, 0.15) is 23.0 Å². The third-order valence-electron chi connectivity index (χ3n) is 5.12. The van der Waals surface area contributed by atoms with Crippen molar-refractivity contribution in [3.8, 4) is 11.3 Å². The Labute approximate surface area is 162 Å². The van der Waals surface area contributed by atoms with Gasteiger partial charge in [0.1, 0.15) is 0 Å². The van der Waals surface area contributed by atoms with Gasteiger partial charge in [-0.25, -0.2) is 13.2 Å². The van der Waals surface area contributed by atoms with Crippen molar-refractivity contribution >= 4 is 21.8 Å². The van der Waals surface area contributed by atoms with Crippen molar-refractivity contribution < 1.29 is 18.0 Å². The minimum absolute atomic E-state index is 0.0196. The minimum atomic E-state index is -3.09. The fourth-order valence-electron chi connectivity index (χ4n) is 3.59. The molecule has 1 unspecified atom stereocenters. The van der Waals surface area contributed by atoms with Crippen molar-refractivity contribution in [3.63, 3.8) is 0 Å². The summed E-state index contributed by atoms with van der Waals surface area (Å²) in [5.74, 6) is -0.213. The molecule has 2 aromatic rings. The Balaban J connectivity index is 1.59. The van der Waals surface area contributed by atoms with E-state index in [1.807, 2.05) is 30.3 Å². The van der Waals surface area contributed by atoms with Gasteiger partial charge in [0.25, 0.3) is 5.91 Å². The number of benzene rings is 1. The molecule has 3 N–H and O–H groups in total. The Morgan fingerprint density at radius 3 is 2.50 bits per heavy atom. The van der Waals surface area contributed by atoms with Crippen molar-refractivity contribution in [2.24, 2.45) is 5.73 Å². The zero-order chi connectivity index (χ0) is 19.9. The van der Waals surface area contributed by atoms with E-state index in [9.17, 15) is 18.0 Å². The lowest BCUT2D eigenvalue weighted by Gasteiger charge is -2.38. The lowest BCUT2D eigenvalue weighted by atomic mass is 10.1. The van der Waals surface area contributed by atoms with E-state index in [0.717, 1.165) is 5.56 Å². The number of likely N-dealkylation sites (tertiary alicyclic amines) is 1. The number of carbonyl (C=O) groups is 2. The molecule has 2 saturated heterocycles. The molecule has 4 rings (SSSR count). The van der Waals surface area contributed by atoms with Crippen LogP contribution in [0, 0.1) is 0 Å². The van der Waals surface area contributed by atoms with E-state index in [2.05, 4.69) is 10.4 Å². The van der Waals surface area contributed by atoms with Crippen molar-refractivity contribution in [1.29, 1.82) is 0 Å². The molecule has 0 radical (unpaired) electrons. The first kappa shape index (κ1) is 18.5. The van der Waals surface area contributed by atoms with Gasteiger partial charge in [-0.15, -0.1) is 0 Å². The molecule has 28 heavy (non-hydrogen) atoms. The number of amides is 3. The van der Waals surface area contributed by atoms with Crippen LogP contribution in [0.25, 0.3) is 11.3 Å². The summed E-state index contributed by atoms with van der Waals surface area (Å²) in [6.45, 7) is 0.738. The van der Waals surface area contributed by atoms with Gasteiger partial charge in [-0.3, -0.25) is 9.48 Å². The van der Waals surface area contributed by atoms with E-state index in [0.29, 0.717) is 25.2 Å². The largest absolute Gasteiger partial charge is 0.351 e. The molecule has 10 heteroatoms. The third kappa shape index (κ3) is 3.59. The second kappa shape index (κ2) is 6.93. The van der Waals surface area contributed by atoms with E-state index in [-0.39, 0.29) is 35.2 Å². The highest BCUT2D eigenvalue weighted by Crippen LogP contribution is 2.30. The van der Waals surface area contributed by atoms with Crippen LogP contribution in [-0.4, -0.2) is 65.7 Å². The monoisotopic (exact) mass is 403 g/mol. The summed E-state index contributed by atoms with van der Waals surface area (Å²) < 4.78 is 25.5. The van der Waals surface area contributed by atoms with Gasteiger partial charge in [0.2, 0.25) is 0 Å². The Morgan fingerprint density at radius 1 is 1.18 bits per heavy atom. The number of hydrogen-bond donors (Lipinski definition) is 2. The zero-order valence-corrected chi connectivity index (χ0v) is 15.9. The van der Waals surface area contributed by atoms with Crippen LogP contribution >= 0.6 is 0 Å². The second-order valence-electron chi connectivity index (χ2n) is 7.20. The first-order valence-corrected chi connectivity index (χ1v) is 10.9. The highest BCUT2D eigenvalue weighted by atomic mass is 32.2. The average Bonchev–Trinajstić information content (AvgIpc) is 3.21. The molecule has 3 amide bonds. The van der Waals surface area contributed by atoms with Crippen LogP contribution in [0.2, 0.25) is 0 Å². The molecule has 1 aromatic carbocycles. The molecule has 0 saturated carbocycles. The van der Waals surface area contributed by atoms with Gasteiger partial charge in [0, 0.05) is 13.1 Å². The SMILES string of the molecule is NC(=O)N1CC(NC(=O)c2cc(-c3ccccc3)n(C3CCS(=O)(=O)C3)n2)C1. The summed E-state index contributed by atoms with van der Waals surface area (Å²) in [5, 5.41) is 7.27. The Kier molecular flexibility index (Phi) is 4.58. The number of nitrogens with two attached hydrogens (primary N) is 1. The molecule has 9 nitrogen and oxygen atoms in total. The maximum atomic E-state index is 12.6. The molecule has 3 heterocycles. The lowest BCUT2D eigenvalue weighted by molar-refractivity contribution is 0.0855. The van der Waals surface area contributed by atoms with Crippen molar-refractivity contribution in [1.82, 2.24) is 20.0 Å². The maximum absolute atomic E-state index is 12.6. The van der Waals surface area contributed by atoms with Gasteiger partial charge >= 0.3 is 6.03 Å². The quantitative estimate of drug-likeness (QED) is 0.764. The van der Waals surface area contributed by atoms with Crippen molar-refractivity contribution in [2.45, 2.75) is 18.5 Å². The van der Waals surface area contributed by atoms with E-state index in [1.165, 1.54) is 4.90 Å². The molecule has 148 valence electrons. The second-order valence-corrected chi connectivity index (χ2v) is 9.42. The van der Waals surface area contributed by atoms with Crippen LogP contribution in [0.5, 0.6) is 0 Å². The predicted octanol–water partition coefficient (Wildman–Crippen LogP) is 0.402. The van der Waals surface area contributed by atoms with Gasteiger partial charge in [-0.2, -0.15) is 5.10 Å². The van der Waals surface area contributed by atoms with Crippen molar-refractivity contribution in [2.75, 3.05) is 24.6 Å². The van der Waals surface area contributed by atoms with E-state index in [1.54, 1.807) is 10.7 Å². The Bertz CT molecular complexity index is 1010. The molecule has 2 fully saturated rings. The Hall–Kier alpha value is -2.88. The summed E-state index contributed by atoms with van der Waals surface area (Å²) in [4.78, 5) is 25.1. The first-order valence-electron chi connectivity index (χ1n) is 9.03. The van der Waals surface area contributed by atoms with E-state index >= 15 is 0 Å². The van der Waals surface area contributed by atoms with E-state index in [4.69, 9.17) is 5.73 Å². The van der Waals surface area contributed by atoms with Gasteiger partial charge in [-0.1, -0.05) is 30.3 Å². The van der Waals surface area contributed by atoms with Gasteiger partial charge in [-0.05, 0) is 18.1 Å². The summed E-state index contributed by atoms with van der Waals surface area (Å²) in [7, 11) is -3.09. The molecule has 0 bridgehead atoms. The molecule has 1 atom stereocenters. The minimum Gasteiger partial charge on any atom is -0.351 e. The lowest BCUT2D eigenvalue weighted by Crippen LogP contribution is -2.62. The number of rotatable bonds is 4. The summed E-state index contributed by atoms with van der Waals surface area (Å²) in [6.07, 6.45) is 0.473. The third-order valence-corrected chi connectivity index (χ3v) is 6.87. The summed E-state index contributed by atoms with van der Waals surface area (Å²) >= 11 is 0. The van der Waals surface area contributed by atoms with Crippen molar-refractivity contribution in [3.05, 3.63) is 42.1 Å². The van der Waals surface area contributed by atoms with E-state index < -0.39 is 15.9 Å². The first-order chi connectivity index (χ1) is 13.3. The maximum Gasteiger partial charge on any atom is 0.314 e. The highest BCUT2D eigenvalue weighted by Gasteiger charge is 2.34. The molecule has 2 aliphatic heterocycles. The number of sulfone groups is 1. The number of nitrogens with zero attached hydrogens (tertiary/aromatic N) is 3. The molecule has 0 aliphatic carbocycles. The number of urea groups is 1. The van der Waals surface area contributed by atoms with Gasteiger partial charge < -0.3 is 16.0 Å². The van der Waals surface area contributed by atoms with Crippen LogP contribution < -0.4 is 11.1 Å². The number of carbonyl (C=O) groups excluding carboxylic acids is 2. The number of nitrogens with one attached hydrogen (secondary N) is 1. The topological polar surface area (TPSA) is 127 Å². The standard InChI is InChI=1S/C18H21N5O4S/c19-18(25)22-9-13(10-22)20-17(24)15-8-16(12-4-2-1-3-5-12)23(21-15)14-6-7-28(26,27)11-14/h1-5,8,13-14H,6-7,9-11H2,(H2,19,25)(H,20,24). The van der Waals surface area contributed by atoms with Crippen LogP contribution in [-0.2, 0) is 9.84 Å². The van der Waals surface area contributed by atoms with Crippen LogP contribution in [0.4, 0.5) is 4.79 Å². The predicted molar refractivity (Wildman–Crippen MR) is 102 cm³/mol. The molecular weight excluding hydrogens is 382 g/mol. The number of hydrogen-bond acceptors (Lipinski definition) is 5. The number of primary amides is 1. The zero-order valence-electron chi connectivity index (χ0n) is 15.1. The van der Waals surface area contributed by atoms with Gasteiger partial charge in [0.05, 0.1) is 29.3 Å². The molecule has 0 spiro atoms. The molecule has 2 aliphatic rings. The summed E-state index contributed by atoms with van der Waals surface area (Å²) in [6, 6.07) is 10.1. The average molecular weight is 403 g/mol. The smallest absolute Gasteiger partial charge is 0.314 e. The fourth-order valence-corrected chi connectivity index (χ4v) is 5.28. The Morgan fingerprint density at radius 2 is 1.89 bits per heavy atom. The van der Waals surface area contributed by atoms with Crippen LogP contribution in [0.15, 0.2) is 36.4 Å². The summed E-state index contributed by atoms with van der Waals surface area (Å²) in [5.41, 5.74) is 6.99. The highest BCUT2D eigenvalue weighted by molar-refractivity contribution is 7.91. The number of aromatic nitrogens is 2. The van der Waals surface area contributed by atoms with Gasteiger partial charge in [0.15, 0.2) is 15.5 Å².